The summed E-state index contributed by atoms with van der Waals surface area (Å²) in [5, 5.41) is 6.52. The van der Waals surface area contributed by atoms with Crippen molar-refractivity contribution in [3.63, 3.8) is 0 Å². The highest BCUT2D eigenvalue weighted by Gasteiger charge is 2.14. The fourth-order valence-electron chi connectivity index (χ4n) is 4.18. The number of nitrogens with zero attached hydrogens (tertiary/aromatic N) is 1. The zero-order valence-electron chi connectivity index (χ0n) is 20.9. The number of rotatable bonds is 7. The smallest absolute Gasteiger partial charge is 0.256 e. The molecule has 0 spiro atoms. The average Bonchev–Trinajstić information content (AvgIpc) is 3.37. The third-order valence-electron chi connectivity index (χ3n) is 6.30. The van der Waals surface area contributed by atoms with E-state index in [1.54, 1.807) is 48.5 Å². The Labute approximate surface area is 225 Å². The van der Waals surface area contributed by atoms with Gasteiger partial charge in [0.1, 0.15) is 0 Å². The van der Waals surface area contributed by atoms with Gasteiger partial charge in [-0.15, -0.1) is 11.3 Å². The van der Waals surface area contributed by atoms with Crippen LogP contribution in [-0.4, -0.2) is 43.9 Å². The van der Waals surface area contributed by atoms with Crippen molar-refractivity contribution in [2.75, 3.05) is 41.8 Å². The Balaban J connectivity index is 1.18. The van der Waals surface area contributed by atoms with Crippen molar-refractivity contribution in [2.24, 2.45) is 0 Å². The summed E-state index contributed by atoms with van der Waals surface area (Å²) in [6, 6.07) is 24.7. The van der Waals surface area contributed by atoms with E-state index >= 15 is 0 Å². The van der Waals surface area contributed by atoms with E-state index in [9.17, 15) is 14.4 Å². The lowest BCUT2D eigenvalue weighted by Crippen LogP contribution is -2.36. The molecule has 0 aliphatic carbocycles. The number of morpholine rings is 1. The van der Waals surface area contributed by atoms with E-state index in [1.807, 2.05) is 43.3 Å². The zero-order valence-corrected chi connectivity index (χ0v) is 21.7. The van der Waals surface area contributed by atoms with Crippen molar-refractivity contribution < 1.29 is 19.1 Å². The Morgan fingerprint density at radius 3 is 1.79 bits per heavy atom. The second-order valence-corrected chi connectivity index (χ2v) is 10.2. The Morgan fingerprint density at radius 2 is 1.21 bits per heavy atom. The lowest BCUT2D eigenvalue weighted by molar-refractivity contribution is 0.101. The largest absolute Gasteiger partial charge is 0.378 e. The van der Waals surface area contributed by atoms with Crippen LogP contribution in [0.1, 0.15) is 41.5 Å². The maximum Gasteiger partial charge on any atom is 0.256 e. The van der Waals surface area contributed by atoms with Crippen LogP contribution in [0.25, 0.3) is 0 Å². The number of ether oxygens (including phenoxy) is 1. The van der Waals surface area contributed by atoms with Crippen molar-refractivity contribution in [3.05, 3.63) is 112 Å². The number of nitrogens with one attached hydrogen (secondary N) is 2. The molecule has 0 bridgehead atoms. The van der Waals surface area contributed by atoms with Crippen molar-refractivity contribution >= 4 is 45.3 Å². The predicted molar refractivity (Wildman–Crippen MR) is 151 cm³/mol. The predicted octanol–water partition coefficient (Wildman–Crippen LogP) is 5.63. The second-order valence-electron chi connectivity index (χ2n) is 8.95. The molecule has 2 N–H and O–H groups in total. The molecular formula is C30H27N3O4S. The number of thiophene rings is 1. The molecule has 1 aromatic heterocycles. The number of ketones is 1. The summed E-state index contributed by atoms with van der Waals surface area (Å²) >= 11 is 1.51. The summed E-state index contributed by atoms with van der Waals surface area (Å²) in [4.78, 5) is 41.5. The first-order valence-electron chi connectivity index (χ1n) is 12.3. The minimum absolute atomic E-state index is 0.164. The molecule has 5 rings (SSSR count). The van der Waals surface area contributed by atoms with Crippen LogP contribution in [0.4, 0.5) is 16.4 Å². The fourth-order valence-corrected chi connectivity index (χ4v) is 4.94. The first-order valence-corrected chi connectivity index (χ1v) is 13.1. The molecule has 3 aromatic carbocycles. The van der Waals surface area contributed by atoms with E-state index < -0.39 is 0 Å². The van der Waals surface area contributed by atoms with Gasteiger partial charge in [-0.25, -0.2) is 0 Å². The molecule has 38 heavy (non-hydrogen) atoms. The number of hydrogen-bond acceptors (Lipinski definition) is 6. The number of amides is 2. The van der Waals surface area contributed by atoms with Gasteiger partial charge in [-0.2, -0.15) is 0 Å². The van der Waals surface area contributed by atoms with Gasteiger partial charge in [-0.05, 0) is 79.7 Å². The molecule has 0 atom stereocenters. The van der Waals surface area contributed by atoms with Gasteiger partial charge in [-0.3, -0.25) is 14.4 Å². The third-order valence-corrected chi connectivity index (χ3v) is 7.21. The van der Waals surface area contributed by atoms with Crippen LogP contribution < -0.4 is 15.5 Å². The summed E-state index contributed by atoms with van der Waals surface area (Å²) in [7, 11) is 0. The van der Waals surface area contributed by atoms with E-state index in [2.05, 4.69) is 15.5 Å². The minimum Gasteiger partial charge on any atom is -0.378 e. The molecule has 4 aromatic rings. The van der Waals surface area contributed by atoms with Gasteiger partial charge in [0.15, 0.2) is 5.78 Å². The second kappa shape index (κ2) is 11.4. The number of aryl methyl sites for hydroxylation is 1. The van der Waals surface area contributed by atoms with Crippen LogP contribution in [0.5, 0.6) is 0 Å². The lowest BCUT2D eigenvalue weighted by Gasteiger charge is -2.28. The van der Waals surface area contributed by atoms with Gasteiger partial charge in [-0.1, -0.05) is 12.1 Å². The van der Waals surface area contributed by atoms with Gasteiger partial charge < -0.3 is 20.3 Å². The number of anilines is 3. The quantitative estimate of drug-likeness (QED) is 0.306. The summed E-state index contributed by atoms with van der Waals surface area (Å²) in [6.07, 6.45) is 0. The van der Waals surface area contributed by atoms with Crippen molar-refractivity contribution in [2.45, 2.75) is 6.92 Å². The van der Waals surface area contributed by atoms with Gasteiger partial charge >= 0.3 is 0 Å². The molecule has 1 fully saturated rings. The number of benzene rings is 3. The molecule has 7 nitrogen and oxygen atoms in total. The van der Waals surface area contributed by atoms with Crippen LogP contribution in [-0.2, 0) is 4.74 Å². The van der Waals surface area contributed by atoms with Crippen molar-refractivity contribution in [3.8, 4) is 0 Å². The Bertz CT molecular complexity index is 1440. The molecule has 0 saturated carbocycles. The first kappa shape index (κ1) is 25.4. The first-order chi connectivity index (χ1) is 18.5. The molecule has 2 amide bonds. The van der Waals surface area contributed by atoms with E-state index in [-0.39, 0.29) is 17.6 Å². The molecule has 1 aliphatic rings. The fraction of sp³-hybridized carbons (Fsp3) is 0.167. The number of carbonyl (C=O) groups excluding carboxylic acids is 3. The Kier molecular flexibility index (Phi) is 7.62. The van der Waals surface area contributed by atoms with Crippen LogP contribution in [0, 0.1) is 6.92 Å². The summed E-state index contributed by atoms with van der Waals surface area (Å²) in [6.45, 7) is 5.07. The zero-order chi connectivity index (χ0) is 26.5. The summed E-state index contributed by atoms with van der Waals surface area (Å²) in [5.74, 6) is -0.603. The highest BCUT2D eigenvalue weighted by atomic mass is 32.1. The lowest BCUT2D eigenvalue weighted by atomic mass is 10.0. The summed E-state index contributed by atoms with van der Waals surface area (Å²) in [5.41, 5.74) is 3.66. The molecule has 192 valence electrons. The normalized spacial score (nSPS) is 13.1. The molecule has 2 heterocycles. The highest BCUT2D eigenvalue weighted by Crippen LogP contribution is 2.22. The van der Waals surface area contributed by atoms with Gasteiger partial charge in [0.05, 0.1) is 18.2 Å². The topological polar surface area (TPSA) is 87.7 Å². The van der Waals surface area contributed by atoms with Gasteiger partial charge in [0.25, 0.3) is 11.8 Å². The van der Waals surface area contributed by atoms with E-state index in [0.717, 1.165) is 28.7 Å². The number of carbonyl (C=O) groups is 3. The molecular weight excluding hydrogens is 498 g/mol. The number of hydrogen-bond donors (Lipinski definition) is 2. The van der Waals surface area contributed by atoms with E-state index in [0.29, 0.717) is 41.2 Å². The average molecular weight is 526 g/mol. The maximum atomic E-state index is 12.9. The van der Waals surface area contributed by atoms with Crippen molar-refractivity contribution in [1.29, 1.82) is 0 Å². The molecule has 8 heteroatoms. The molecule has 1 aliphatic heterocycles. The Morgan fingerprint density at radius 1 is 0.684 bits per heavy atom. The van der Waals surface area contributed by atoms with Gasteiger partial charge in [0.2, 0.25) is 0 Å². The van der Waals surface area contributed by atoms with Crippen LogP contribution in [0.3, 0.4) is 0 Å². The highest BCUT2D eigenvalue weighted by molar-refractivity contribution is 7.16. The Hall–Kier alpha value is -4.27. The molecule has 0 radical (unpaired) electrons. The maximum absolute atomic E-state index is 12.9. The molecule has 1 saturated heterocycles. The SMILES string of the molecule is Cc1ccc(NC(=O)c2ccc(C(=O)c3ccc(NC(=O)c4ccc(N5CCOCC5)cc4)cc3)cc2)s1. The van der Waals surface area contributed by atoms with Crippen LogP contribution in [0.2, 0.25) is 0 Å². The third kappa shape index (κ3) is 5.99. The standard InChI is InChI=1S/C30H27N3O4S/c1-20-2-15-27(38-20)32-30(36)23-5-3-21(4-6-23)28(34)22-7-11-25(12-8-22)31-29(35)24-9-13-26(14-10-24)33-16-18-37-19-17-33/h2-15H,16-19H2,1H3,(H,31,35)(H,32,36). The summed E-state index contributed by atoms with van der Waals surface area (Å²) < 4.78 is 5.39. The monoisotopic (exact) mass is 525 g/mol. The van der Waals surface area contributed by atoms with E-state index in [4.69, 9.17) is 4.74 Å². The van der Waals surface area contributed by atoms with E-state index in [1.165, 1.54) is 11.3 Å². The van der Waals surface area contributed by atoms with Crippen molar-refractivity contribution in [1.82, 2.24) is 0 Å². The molecule has 0 unspecified atom stereocenters. The van der Waals surface area contributed by atoms with Crippen LogP contribution in [0.15, 0.2) is 84.9 Å². The minimum atomic E-state index is -0.221. The van der Waals surface area contributed by atoms with Gasteiger partial charge in [0, 0.05) is 51.6 Å². The van der Waals surface area contributed by atoms with Crippen LogP contribution >= 0.6 is 11.3 Å².